The number of benzene rings is 2. The number of nitrogens with zero attached hydrogens (tertiary/aromatic N) is 1. The molecule has 1 aromatic heterocycles. The lowest BCUT2D eigenvalue weighted by atomic mass is 10.0. The van der Waals surface area contributed by atoms with Gasteiger partial charge in [0.05, 0.1) is 10.7 Å². The summed E-state index contributed by atoms with van der Waals surface area (Å²) < 4.78 is 19.5. The minimum atomic E-state index is -0.415. The normalized spacial score (nSPS) is 10.8. The van der Waals surface area contributed by atoms with Gasteiger partial charge in [0.25, 0.3) is 0 Å². The van der Waals surface area contributed by atoms with E-state index in [1.165, 1.54) is 6.07 Å². The molecule has 2 aromatic carbocycles. The maximum atomic E-state index is 14.4. The Morgan fingerprint density at radius 3 is 2.70 bits per heavy atom. The van der Waals surface area contributed by atoms with E-state index in [0.29, 0.717) is 46.4 Å². The largest absolute Gasteiger partial charge is 0.507 e. The number of phenolic OH excluding ortho intramolecular Hbond substituents is 1. The number of anilines is 1. The number of rotatable bonds is 7. The van der Waals surface area contributed by atoms with Crippen molar-refractivity contribution < 1.29 is 14.2 Å². The minimum Gasteiger partial charge on any atom is -0.507 e. The first-order valence-corrected chi connectivity index (χ1v) is 8.95. The first-order chi connectivity index (χ1) is 13.1. The van der Waals surface area contributed by atoms with Crippen molar-refractivity contribution in [1.29, 1.82) is 0 Å². The van der Waals surface area contributed by atoms with Crippen LogP contribution < -0.4 is 5.32 Å². The molecule has 0 fully saturated rings. The van der Waals surface area contributed by atoms with E-state index in [1.54, 1.807) is 49.6 Å². The van der Waals surface area contributed by atoms with E-state index < -0.39 is 5.82 Å². The predicted molar refractivity (Wildman–Crippen MR) is 107 cm³/mol. The first-order valence-electron chi connectivity index (χ1n) is 8.58. The summed E-state index contributed by atoms with van der Waals surface area (Å²) in [5, 5.41) is 13.7. The number of nitrogens with one attached hydrogen (secondary N) is 1. The first kappa shape index (κ1) is 19.1. The summed E-state index contributed by atoms with van der Waals surface area (Å²) in [6, 6.07) is 14.9. The third-order valence-electron chi connectivity index (χ3n) is 4.09. The van der Waals surface area contributed by atoms with Crippen LogP contribution in [-0.4, -0.2) is 30.4 Å². The summed E-state index contributed by atoms with van der Waals surface area (Å²) in [6.45, 7) is 1.27. The Kier molecular flexibility index (Phi) is 6.27. The molecule has 0 spiro atoms. The molecule has 4 nitrogen and oxygen atoms in total. The Bertz CT molecular complexity index is 914. The Balaban J connectivity index is 2.07. The molecule has 0 aliphatic heterocycles. The van der Waals surface area contributed by atoms with Gasteiger partial charge in [0.1, 0.15) is 17.4 Å². The van der Waals surface area contributed by atoms with E-state index in [-0.39, 0.29) is 5.75 Å². The Morgan fingerprint density at radius 2 is 1.96 bits per heavy atom. The molecule has 2 N–H and O–H groups in total. The van der Waals surface area contributed by atoms with Crippen molar-refractivity contribution in [2.24, 2.45) is 0 Å². The second-order valence-corrected chi connectivity index (χ2v) is 6.42. The van der Waals surface area contributed by atoms with Crippen molar-refractivity contribution in [1.82, 2.24) is 4.98 Å². The highest BCUT2D eigenvalue weighted by Crippen LogP contribution is 2.36. The van der Waals surface area contributed by atoms with Crippen molar-refractivity contribution in [3.63, 3.8) is 0 Å². The third-order valence-corrected chi connectivity index (χ3v) is 4.40. The Hall–Kier alpha value is -2.63. The van der Waals surface area contributed by atoms with Gasteiger partial charge in [0.2, 0.25) is 0 Å². The maximum absolute atomic E-state index is 14.4. The zero-order valence-corrected chi connectivity index (χ0v) is 15.6. The van der Waals surface area contributed by atoms with Crippen molar-refractivity contribution in [2.45, 2.75) is 6.42 Å². The maximum Gasteiger partial charge on any atom is 0.132 e. The highest BCUT2D eigenvalue weighted by molar-refractivity contribution is 6.33. The van der Waals surface area contributed by atoms with Gasteiger partial charge in [-0.2, -0.15) is 0 Å². The van der Waals surface area contributed by atoms with E-state index in [2.05, 4.69) is 10.3 Å². The molecule has 3 aromatic rings. The van der Waals surface area contributed by atoms with Crippen LogP contribution in [0.4, 0.5) is 10.2 Å². The second kappa shape index (κ2) is 8.84. The molecule has 0 radical (unpaired) electrons. The number of aromatic nitrogens is 1. The van der Waals surface area contributed by atoms with Crippen molar-refractivity contribution in [3.8, 4) is 28.1 Å². The number of methoxy groups -OCH3 is 1. The van der Waals surface area contributed by atoms with Crippen LogP contribution in [0.25, 0.3) is 22.4 Å². The molecule has 0 saturated carbocycles. The average molecular weight is 387 g/mol. The van der Waals surface area contributed by atoms with Crippen LogP contribution in [0.1, 0.15) is 6.42 Å². The molecule has 0 aliphatic rings. The van der Waals surface area contributed by atoms with Gasteiger partial charge in [-0.25, -0.2) is 9.37 Å². The van der Waals surface area contributed by atoms with E-state index in [9.17, 15) is 9.50 Å². The van der Waals surface area contributed by atoms with Gasteiger partial charge in [0, 0.05) is 31.4 Å². The van der Waals surface area contributed by atoms with Crippen LogP contribution in [0, 0.1) is 5.82 Å². The van der Waals surface area contributed by atoms with E-state index in [1.807, 2.05) is 6.07 Å². The fraction of sp³-hybridized carbons (Fsp3) is 0.190. The van der Waals surface area contributed by atoms with Crippen molar-refractivity contribution >= 4 is 17.4 Å². The molecule has 140 valence electrons. The van der Waals surface area contributed by atoms with Crippen LogP contribution in [0.3, 0.4) is 0 Å². The van der Waals surface area contributed by atoms with Crippen LogP contribution in [0.2, 0.25) is 5.02 Å². The van der Waals surface area contributed by atoms with Crippen molar-refractivity contribution in [3.05, 3.63) is 65.4 Å². The molecule has 0 saturated heterocycles. The molecule has 3 rings (SSSR count). The molecular weight excluding hydrogens is 367 g/mol. The molecule has 27 heavy (non-hydrogen) atoms. The van der Waals surface area contributed by atoms with Crippen LogP contribution in [0.15, 0.2) is 54.6 Å². The SMILES string of the molecule is COCCCNc1cc(-c2c(F)cccc2Cl)cc(-c2ccccc2O)n1. The molecule has 6 heteroatoms. The highest BCUT2D eigenvalue weighted by Gasteiger charge is 2.14. The molecular formula is C21H20ClFN2O2. The van der Waals surface area contributed by atoms with Crippen LogP contribution >= 0.6 is 11.6 Å². The predicted octanol–water partition coefficient (Wildman–Crippen LogP) is 5.36. The fourth-order valence-electron chi connectivity index (χ4n) is 2.80. The highest BCUT2D eigenvalue weighted by atomic mass is 35.5. The lowest BCUT2D eigenvalue weighted by molar-refractivity contribution is 0.198. The topological polar surface area (TPSA) is 54.4 Å². The van der Waals surface area contributed by atoms with E-state index >= 15 is 0 Å². The Labute approximate surface area is 162 Å². The molecule has 1 heterocycles. The molecule has 0 amide bonds. The van der Waals surface area contributed by atoms with E-state index in [4.69, 9.17) is 16.3 Å². The standard InChI is InChI=1S/C21H20ClFN2O2/c1-27-11-5-10-24-20-13-14(21-16(22)7-4-8-17(21)23)12-18(25-20)15-6-2-3-9-19(15)26/h2-4,6-9,12-13,26H,5,10-11H2,1H3,(H,24,25). The van der Waals surface area contributed by atoms with Gasteiger partial charge in [0.15, 0.2) is 0 Å². The summed E-state index contributed by atoms with van der Waals surface area (Å²) in [5.41, 5.74) is 1.98. The fourth-order valence-corrected chi connectivity index (χ4v) is 3.07. The number of pyridine rings is 1. The summed E-state index contributed by atoms with van der Waals surface area (Å²) in [7, 11) is 1.65. The lowest BCUT2D eigenvalue weighted by Crippen LogP contribution is -2.06. The number of hydrogen-bond acceptors (Lipinski definition) is 4. The zero-order chi connectivity index (χ0) is 19.2. The van der Waals surface area contributed by atoms with Gasteiger partial charge >= 0.3 is 0 Å². The number of aromatic hydroxyl groups is 1. The zero-order valence-electron chi connectivity index (χ0n) is 14.9. The second-order valence-electron chi connectivity index (χ2n) is 6.01. The van der Waals surface area contributed by atoms with Gasteiger partial charge in [-0.15, -0.1) is 0 Å². The molecule has 0 bridgehead atoms. The number of hydrogen-bond donors (Lipinski definition) is 2. The van der Waals surface area contributed by atoms with Gasteiger partial charge < -0.3 is 15.2 Å². The summed E-state index contributed by atoms with van der Waals surface area (Å²) in [6.07, 6.45) is 0.800. The number of halogens is 2. The van der Waals surface area contributed by atoms with Gasteiger partial charge in [-0.3, -0.25) is 0 Å². The van der Waals surface area contributed by atoms with Gasteiger partial charge in [-0.05, 0) is 48.4 Å². The molecule has 0 atom stereocenters. The number of phenols is 1. The third kappa shape index (κ3) is 4.56. The molecule has 0 aliphatic carbocycles. The quantitative estimate of drug-likeness (QED) is 0.536. The Morgan fingerprint density at radius 1 is 1.15 bits per heavy atom. The number of ether oxygens (including phenoxy) is 1. The lowest BCUT2D eigenvalue weighted by Gasteiger charge is -2.13. The number of para-hydroxylation sites is 1. The van der Waals surface area contributed by atoms with Gasteiger partial charge in [-0.1, -0.05) is 29.8 Å². The summed E-state index contributed by atoms with van der Waals surface area (Å²) in [5.74, 6) is 0.260. The smallest absolute Gasteiger partial charge is 0.132 e. The van der Waals surface area contributed by atoms with Crippen LogP contribution in [-0.2, 0) is 4.74 Å². The van der Waals surface area contributed by atoms with Crippen LogP contribution in [0.5, 0.6) is 5.75 Å². The van der Waals surface area contributed by atoms with E-state index in [0.717, 1.165) is 6.42 Å². The average Bonchev–Trinajstić information content (AvgIpc) is 2.65. The summed E-state index contributed by atoms with van der Waals surface area (Å²) >= 11 is 6.24. The monoisotopic (exact) mass is 386 g/mol. The minimum absolute atomic E-state index is 0.104. The summed E-state index contributed by atoms with van der Waals surface area (Å²) in [4.78, 5) is 4.57. The molecule has 0 unspecified atom stereocenters. The van der Waals surface area contributed by atoms with Crippen molar-refractivity contribution in [2.75, 3.05) is 25.6 Å².